The van der Waals surface area contributed by atoms with Gasteiger partial charge in [-0.1, -0.05) is 11.6 Å². The van der Waals surface area contributed by atoms with Gasteiger partial charge < -0.3 is 5.73 Å². The van der Waals surface area contributed by atoms with E-state index in [1.165, 1.54) is 12.4 Å². The van der Waals surface area contributed by atoms with E-state index < -0.39 is 26.8 Å². The molecule has 2 rings (SSSR count). The lowest BCUT2D eigenvalue weighted by molar-refractivity contribution is 0.547. The second-order valence-corrected chi connectivity index (χ2v) is 6.53. The second kappa shape index (κ2) is 5.97. The van der Waals surface area contributed by atoms with Gasteiger partial charge >= 0.3 is 0 Å². The molecule has 0 aliphatic heterocycles. The molecule has 112 valence electrons. The maximum absolute atomic E-state index is 13.9. The Labute approximate surface area is 127 Å². The van der Waals surface area contributed by atoms with Gasteiger partial charge in [-0.2, -0.15) is 0 Å². The highest BCUT2D eigenvalue weighted by Gasteiger charge is 2.24. The van der Waals surface area contributed by atoms with Gasteiger partial charge in [0, 0.05) is 24.1 Å². The Hall–Kier alpha value is -1.70. The molecule has 0 amide bonds. The topological polar surface area (TPSA) is 85.1 Å². The van der Waals surface area contributed by atoms with Gasteiger partial charge in [0.1, 0.15) is 4.90 Å². The number of nitrogens with one attached hydrogen (secondary N) is 1. The Morgan fingerprint density at radius 3 is 2.57 bits per heavy atom. The third-order valence-electron chi connectivity index (χ3n) is 2.84. The Bertz CT molecular complexity index is 754. The molecule has 0 bridgehead atoms. The molecular weight excluding hydrogens is 317 g/mol. The van der Waals surface area contributed by atoms with Crippen molar-refractivity contribution in [3.63, 3.8) is 0 Å². The van der Waals surface area contributed by atoms with E-state index >= 15 is 0 Å². The van der Waals surface area contributed by atoms with Crippen molar-refractivity contribution in [3.8, 4) is 0 Å². The standard InChI is InChI=1S/C13H13ClFN3O2S/c1-8(9-2-4-17-5-3-9)18-21(19,20)12-7-10(16)6-11(14)13(12)15/h2-8,18H,16H2,1H3. The number of aromatic nitrogens is 1. The number of hydrogen-bond acceptors (Lipinski definition) is 4. The smallest absolute Gasteiger partial charge is 0.244 e. The minimum Gasteiger partial charge on any atom is -0.399 e. The summed E-state index contributed by atoms with van der Waals surface area (Å²) in [6, 6.07) is 4.95. The highest BCUT2D eigenvalue weighted by atomic mass is 35.5. The van der Waals surface area contributed by atoms with E-state index in [4.69, 9.17) is 17.3 Å². The zero-order valence-electron chi connectivity index (χ0n) is 11.0. The SMILES string of the molecule is CC(NS(=O)(=O)c1cc(N)cc(Cl)c1F)c1ccncc1. The van der Waals surface area contributed by atoms with Crippen LogP contribution >= 0.6 is 11.6 Å². The summed E-state index contributed by atoms with van der Waals surface area (Å²) in [4.78, 5) is 3.27. The normalized spacial score (nSPS) is 13.1. The van der Waals surface area contributed by atoms with Crippen LogP contribution < -0.4 is 10.5 Å². The molecule has 1 atom stereocenters. The van der Waals surface area contributed by atoms with E-state index in [0.717, 1.165) is 12.1 Å². The van der Waals surface area contributed by atoms with Crippen molar-refractivity contribution in [1.29, 1.82) is 0 Å². The maximum Gasteiger partial charge on any atom is 0.244 e. The van der Waals surface area contributed by atoms with Crippen molar-refractivity contribution >= 4 is 27.3 Å². The summed E-state index contributed by atoms with van der Waals surface area (Å²) in [5.74, 6) is -1.03. The fraction of sp³-hybridized carbons (Fsp3) is 0.154. The molecule has 0 saturated heterocycles. The van der Waals surface area contributed by atoms with E-state index in [-0.39, 0.29) is 10.7 Å². The molecular formula is C13H13ClFN3O2S. The van der Waals surface area contributed by atoms with Crippen molar-refractivity contribution in [2.45, 2.75) is 17.9 Å². The first-order valence-electron chi connectivity index (χ1n) is 5.98. The van der Waals surface area contributed by atoms with Crippen LogP contribution in [0.5, 0.6) is 0 Å². The van der Waals surface area contributed by atoms with Crippen LogP contribution in [0.3, 0.4) is 0 Å². The summed E-state index contributed by atoms with van der Waals surface area (Å²) < 4.78 is 40.8. The van der Waals surface area contributed by atoms with Crippen LogP contribution in [-0.2, 0) is 10.0 Å². The average molecular weight is 330 g/mol. The van der Waals surface area contributed by atoms with Crippen LogP contribution in [0, 0.1) is 5.82 Å². The lowest BCUT2D eigenvalue weighted by Crippen LogP contribution is -2.27. The highest BCUT2D eigenvalue weighted by Crippen LogP contribution is 2.26. The largest absolute Gasteiger partial charge is 0.399 e. The number of sulfonamides is 1. The second-order valence-electron chi connectivity index (χ2n) is 4.44. The zero-order chi connectivity index (χ0) is 15.6. The molecule has 1 aromatic heterocycles. The summed E-state index contributed by atoms with van der Waals surface area (Å²) in [6.07, 6.45) is 3.08. The molecule has 0 aliphatic carbocycles. The molecule has 8 heteroatoms. The first-order chi connectivity index (χ1) is 9.81. The van der Waals surface area contributed by atoms with Gasteiger partial charge in [-0.3, -0.25) is 4.98 Å². The number of halogens is 2. The molecule has 0 saturated carbocycles. The first-order valence-corrected chi connectivity index (χ1v) is 7.84. The van der Waals surface area contributed by atoms with Crippen LogP contribution in [-0.4, -0.2) is 13.4 Å². The van der Waals surface area contributed by atoms with Gasteiger partial charge in [0.25, 0.3) is 0 Å². The van der Waals surface area contributed by atoms with Gasteiger partial charge in [-0.25, -0.2) is 17.5 Å². The average Bonchev–Trinajstić information content (AvgIpc) is 2.43. The summed E-state index contributed by atoms with van der Waals surface area (Å²) in [5, 5.41) is -0.341. The summed E-state index contributed by atoms with van der Waals surface area (Å²) in [5.41, 5.74) is 6.28. The predicted octanol–water partition coefficient (Wildman–Crippen LogP) is 2.50. The van der Waals surface area contributed by atoms with Crippen molar-refractivity contribution in [2.75, 3.05) is 5.73 Å². The maximum atomic E-state index is 13.9. The molecule has 1 aromatic carbocycles. The van der Waals surface area contributed by atoms with Crippen LogP contribution in [0.1, 0.15) is 18.5 Å². The quantitative estimate of drug-likeness (QED) is 0.844. The number of nitrogen functional groups attached to an aromatic ring is 1. The van der Waals surface area contributed by atoms with Crippen LogP contribution in [0.2, 0.25) is 5.02 Å². The molecule has 1 heterocycles. The Morgan fingerprint density at radius 1 is 1.33 bits per heavy atom. The van der Waals surface area contributed by atoms with E-state index in [1.807, 2.05) is 0 Å². The third-order valence-corrected chi connectivity index (χ3v) is 4.66. The lowest BCUT2D eigenvalue weighted by atomic mass is 10.1. The number of pyridine rings is 1. The van der Waals surface area contributed by atoms with Gasteiger partial charge in [0.05, 0.1) is 5.02 Å². The van der Waals surface area contributed by atoms with E-state index in [9.17, 15) is 12.8 Å². The predicted molar refractivity (Wildman–Crippen MR) is 78.8 cm³/mol. The van der Waals surface area contributed by atoms with Crippen molar-refractivity contribution in [1.82, 2.24) is 9.71 Å². The molecule has 1 unspecified atom stereocenters. The molecule has 0 aliphatic rings. The molecule has 3 N–H and O–H groups in total. The van der Waals surface area contributed by atoms with Gasteiger partial charge in [0.2, 0.25) is 10.0 Å². The Morgan fingerprint density at radius 2 is 1.95 bits per heavy atom. The van der Waals surface area contributed by atoms with Crippen molar-refractivity contribution in [3.05, 3.63) is 53.1 Å². The van der Waals surface area contributed by atoms with Gasteiger partial charge in [-0.05, 0) is 36.8 Å². The molecule has 0 spiro atoms. The molecule has 0 fully saturated rings. The summed E-state index contributed by atoms with van der Waals surface area (Å²) >= 11 is 5.62. The number of benzene rings is 1. The van der Waals surface area contributed by atoms with E-state index in [1.54, 1.807) is 19.1 Å². The van der Waals surface area contributed by atoms with Crippen molar-refractivity contribution in [2.24, 2.45) is 0 Å². The number of anilines is 1. The minimum absolute atomic E-state index is 0.0679. The van der Waals surface area contributed by atoms with Gasteiger partial charge in [-0.15, -0.1) is 0 Å². The van der Waals surface area contributed by atoms with E-state index in [2.05, 4.69) is 9.71 Å². The van der Waals surface area contributed by atoms with Gasteiger partial charge in [0.15, 0.2) is 5.82 Å². The fourth-order valence-electron chi connectivity index (χ4n) is 1.80. The Kier molecular flexibility index (Phi) is 4.46. The summed E-state index contributed by atoms with van der Waals surface area (Å²) in [7, 11) is -4.09. The molecule has 2 aromatic rings. The zero-order valence-corrected chi connectivity index (χ0v) is 12.6. The lowest BCUT2D eigenvalue weighted by Gasteiger charge is -2.15. The number of rotatable bonds is 4. The third kappa shape index (κ3) is 3.49. The first kappa shape index (κ1) is 15.7. The van der Waals surface area contributed by atoms with Crippen LogP contribution in [0.15, 0.2) is 41.6 Å². The molecule has 21 heavy (non-hydrogen) atoms. The molecule has 0 radical (unpaired) electrons. The monoisotopic (exact) mass is 329 g/mol. The minimum atomic E-state index is -4.09. The number of hydrogen-bond donors (Lipinski definition) is 2. The number of nitrogens with zero attached hydrogens (tertiary/aromatic N) is 1. The Balaban J connectivity index is 2.35. The summed E-state index contributed by atoms with van der Waals surface area (Å²) in [6.45, 7) is 1.64. The number of nitrogens with two attached hydrogens (primary N) is 1. The fourth-order valence-corrected chi connectivity index (χ4v) is 3.45. The highest BCUT2D eigenvalue weighted by molar-refractivity contribution is 7.89. The van der Waals surface area contributed by atoms with E-state index in [0.29, 0.717) is 5.56 Å². The van der Waals surface area contributed by atoms with Crippen LogP contribution in [0.4, 0.5) is 10.1 Å². The molecule has 5 nitrogen and oxygen atoms in total. The van der Waals surface area contributed by atoms with Crippen molar-refractivity contribution < 1.29 is 12.8 Å². The van der Waals surface area contributed by atoms with Crippen LogP contribution in [0.25, 0.3) is 0 Å².